The number of amides is 3. The Balaban J connectivity index is 1.54. The lowest BCUT2D eigenvalue weighted by atomic mass is 10.1. The number of carbonyl (C=O) groups is 2. The fourth-order valence-electron chi connectivity index (χ4n) is 3.57. The summed E-state index contributed by atoms with van der Waals surface area (Å²) >= 11 is 1.58. The van der Waals surface area contributed by atoms with E-state index in [1.807, 2.05) is 58.4 Å². The number of carbonyl (C=O) groups excluding carboxylic acids is 2. The molecule has 1 aliphatic rings. The van der Waals surface area contributed by atoms with Gasteiger partial charge in [0, 0.05) is 38.9 Å². The topological polar surface area (TPSA) is 70.5 Å². The highest BCUT2D eigenvalue weighted by atomic mass is 32.1. The van der Waals surface area contributed by atoms with E-state index in [1.54, 1.807) is 16.2 Å². The molecule has 8 heteroatoms. The first-order valence-electron chi connectivity index (χ1n) is 10.1. The minimum Gasteiger partial charge on any atom is -0.338 e. The van der Waals surface area contributed by atoms with Crippen molar-refractivity contribution in [1.82, 2.24) is 24.9 Å². The predicted molar refractivity (Wildman–Crippen MR) is 118 cm³/mol. The van der Waals surface area contributed by atoms with Crippen molar-refractivity contribution in [3.8, 4) is 10.6 Å². The number of piperazine rings is 1. The number of rotatable bonds is 5. The van der Waals surface area contributed by atoms with Crippen LogP contribution in [0.2, 0.25) is 0 Å². The molecule has 7 nitrogen and oxygen atoms in total. The van der Waals surface area contributed by atoms with Gasteiger partial charge in [-0.2, -0.15) is 5.10 Å². The van der Waals surface area contributed by atoms with E-state index in [0.29, 0.717) is 44.8 Å². The molecule has 0 radical (unpaired) electrons. The molecule has 0 aliphatic carbocycles. The van der Waals surface area contributed by atoms with Crippen LogP contribution in [0.5, 0.6) is 0 Å². The van der Waals surface area contributed by atoms with Gasteiger partial charge in [0.2, 0.25) is 0 Å². The van der Waals surface area contributed by atoms with Crippen molar-refractivity contribution in [1.29, 1.82) is 0 Å². The van der Waals surface area contributed by atoms with Crippen molar-refractivity contribution < 1.29 is 9.59 Å². The molecule has 1 aromatic carbocycles. The highest BCUT2D eigenvalue weighted by Crippen LogP contribution is 2.28. The van der Waals surface area contributed by atoms with Gasteiger partial charge >= 0.3 is 6.03 Å². The monoisotopic (exact) mass is 423 g/mol. The molecule has 1 aliphatic heterocycles. The van der Waals surface area contributed by atoms with Gasteiger partial charge < -0.3 is 15.1 Å². The van der Waals surface area contributed by atoms with Gasteiger partial charge in [0.1, 0.15) is 5.69 Å². The first kappa shape index (κ1) is 20.2. The van der Waals surface area contributed by atoms with Crippen molar-refractivity contribution in [3.63, 3.8) is 0 Å². The van der Waals surface area contributed by atoms with Crippen LogP contribution in [0.1, 0.15) is 22.8 Å². The summed E-state index contributed by atoms with van der Waals surface area (Å²) in [6.07, 6.45) is 1.85. The summed E-state index contributed by atoms with van der Waals surface area (Å²) < 4.78 is 1.84. The third-order valence-electron chi connectivity index (χ3n) is 5.12. The largest absolute Gasteiger partial charge is 0.338 e. The van der Waals surface area contributed by atoms with E-state index in [4.69, 9.17) is 5.10 Å². The quantitative estimate of drug-likeness (QED) is 0.685. The summed E-state index contributed by atoms with van der Waals surface area (Å²) in [6, 6.07) is 14.0. The fourth-order valence-corrected chi connectivity index (χ4v) is 4.29. The summed E-state index contributed by atoms with van der Waals surface area (Å²) in [5, 5.41) is 9.54. The standard InChI is InChI=1S/C22H25N5O2S/c1-2-23-22(29)26-12-10-25(11-13-26)21(28)18-16-27(15-17-7-4-3-5-8-17)24-20(18)19-9-6-14-30-19/h3-9,14,16H,2,10-13,15H2,1H3,(H,23,29). The van der Waals surface area contributed by atoms with Crippen molar-refractivity contribution in [2.75, 3.05) is 32.7 Å². The number of nitrogens with one attached hydrogen (secondary N) is 1. The van der Waals surface area contributed by atoms with Crippen LogP contribution < -0.4 is 5.32 Å². The Morgan fingerprint density at radius 2 is 1.77 bits per heavy atom. The first-order chi connectivity index (χ1) is 14.7. The van der Waals surface area contributed by atoms with Crippen LogP contribution in [-0.4, -0.2) is 64.2 Å². The SMILES string of the molecule is CCNC(=O)N1CCN(C(=O)c2cn(Cc3ccccc3)nc2-c2cccs2)CC1. The zero-order valence-corrected chi connectivity index (χ0v) is 17.8. The number of urea groups is 1. The summed E-state index contributed by atoms with van der Waals surface area (Å²) in [6.45, 7) is 5.21. The zero-order valence-electron chi connectivity index (χ0n) is 17.0. The molecule has 0 spiro atoms. The van der Waals surface area contributed by atoms with Gasteiger partial charge in [-0.25, -0.2) is 4.79 Å². The predicted octanol–water partition coefficient (Wildman–Crippen LogP) is 3.15. The lowest BCUT2D eigenvalue weighted by Gasteiger charge is -2.34. The van der Waals surface area contributed by atoms with Crippen LogP contribution in [0.25, 0.3) is 10.6 Å². The number of benzene rings is 1. The zero-order chi connectivity index (χ0) is 20.9. The van der Waals surface area contributed by atoms with Gasteiger partial charge in [-0.1, -0.05) is 36.4 Å². The Morgan fingerprint density at radius 3 is 2.43 bits per heavy atom. The third kappa shape index (κ3) is 4.38. The molecule has 156 valence electrons. The normalized spacial score (nSPS) is 14.0. The van der Waals surface area contributed by atoms with Crippen LogP contribution >= 0.6 is 11.3 Å². The van der Waals surface area contributed by atoms with E-state index in [2.05, 4.69) is 17.4 Å². The molecule has 2 aromatic heterocycles. The van der Waals surface area contributed by atoms with Gasteiger partial charge in [0.15, 0.2) is 0 Å². The van der Waals surface area contributed by atoms with Crippen molar-refractivity contribution in [2.45, 2.75) is 13.5 Å². The van der Waals surface area contributed by atoms with Gasteiger partial charge in [0.05, 0.1) is 17.0 Å². The molecule has 1 N–H and O–H groups in total. The molecular formula is C22H25N5O2S. The minimum absolute atomic E-state index is 0.0340. The van der Waals surface area contributed by atoms with Gasteiger partial charge in [-0.15, -0.1) is 11.3 Å². The number of hydrogen-bond donors (Lipinski definition) is 1. The maximum absolute atomic E-state index is 13.3. The Bertz CT molecular complexity index is 992. The number of aromatic nitrogens is 2. The maximum Gasteiger partial charge on any atom is 0.317 e. The van der Waals surface area contributed by atoms with Crippen LogP contribution in [0.3, 0.4) is 0 Å². The summed E-state index contributed by atoms with van der Waals surface area (Å²) in [5.41, 5.74) is 2.46. The average Bonchev–Trinajstić information content (AvgIpc) is 3.44. The summed E-state index contributed by atoms with van der Waals surface area (Å²) in [7, 11) is 0. The maximum atomic E-state index is 13.3. The van der Waals surface area contributed by atoms with Gasteiger partial charge in [-0.3, -0.25) is 9.48 Å². The highest BCUT2D eigenvalue weighted by Gasteiger charge is 2.28. The molecule has 0 saturated carbocycles. The van der Waals surface area contributed by atoms with Crippen LogP contribution in [-0.2, 0) is 6.54 Å². The van der Waals surface area contributed by atoms with E-state index in [1.165, 1.54) is 0 Å². The molecule has 4 rings (SSSR count). The fraction of sp³-hybridized carbons (Fsp3) is 0.318. The van der Waals surface area contributed by atoms with Crippen LogP contribution in [0, 0.1) is 0 Å². The number of hydrogen-bond acceptors (Lipinski definition) is 4. The minimum atomic E-state index is -0.0699. The van der Waals surface area contributed by atoms with Crippen molar-refractivity contribution in [2.24, 2.45) is 0 Å². The van der Waals surface area contributed by atoms with E-state index in [-0.39, 0.29) is 11.9 Å². The second-order valence-corrected chi connectivity index (χ2v) is 8.11. The lowest BCUT2D eigenvalue weighted by molar-refractivity contribution is 0.0666. The van der Waals surface area contributed by atoms with E-state index >= 15 is 0 Å². The molecule has 3 heterocycles. The Hall–Kier alpha value is -3.13. The molecule has 0 unspecified atom stereocenters. The molecule has 30 heavy (non-hydrogen) atoms. The van der Waals surface area contributed by atoms with Gasteiger partial charge in [0.25, 0.3) is 5.91 Å². The molecule has 0 atom stereocenters. The Kier molecular flexibility index (Phi) is 6.13. The van der Waals surface area contributed by atoms with Crippen molar-refractivity contribution in [3.05, 3.63) is 65.2 Å². The average molecular weight is 424 g/mol. The van der Waals surface area contributed by atoms with Crippen LogP contribution in [0.15, 0.2) is 54.0 Å². The molecule has 0 bridgehead atoms. The first-order valence-corrected chi connectivity index (χ1v) is 11.0. The van der Waals surface area contributed by atoms with Crippen LogP contribution in [0.4, 0.5) is 4.79 Å². The molecular weight excluding hydrogens is 398 g/mol. The molecule has 3 amide bonds. The summed E-state index contributed by atoms with van der Waals surface area (Å²) in [5.74, 6) is -0.0340. The number of thiophene rings is 1. The second-order valence-electron chi connectivity index (χ2n) is 7.17. The molecule has 3 aromatic rings. The Morgan fingerprint density at radius 1 is 1.03 bits per heavy atom. The molecule has 1 saturated heterocycles. The van der Waals surface area contributed by atoms with E-state index < -0.39 is 0 Å². The van der Waals surface area contributed by atoms with E-state index in [0.717, 1.165) is 16.1 Å². The smallest absolute Gasteiger partial charge is 0.317 e. The third-order valence-corrected chi connectivity index (χ3v) is 5.99. The van der Waals surface area contributed by atoms with Gasteiger partial charge in [-0.05, 0) is 23.9 Å². The van der Waals surface area contributed by atoms with E-state index in [9.17, 15) is 9.59 Å². The summed E-state index contributed by atoms with van der Waals surface area (Å²) in [4.78, 5) is 29.9. The lowest BCUT2D eigenvalue weighted by Crippen LogP contribution is -2.53. The van der Waals surface area contributed by atoms with Crippen molar-refractivity contribution >= 4 is 23.3 Å². The molecule has 1 fully saturated rings. The Labute approximate surface area is 179 Å². The number of nitrogens with zero attached hydrogens (tertiary/aromatic N) is 4. The highest BCUT2D eigenvalue weighted by molar-refractivity contribution is 7.13. The second kappa shape index (κ2) is 9.13.